The molecule has 0 amide bonds. The number of hydrogen-bond donors (Lipinski definition) is 2. The van der Waals surface area contributed by atoms with Crippen molar-refractivity contribution in [2.24, 2.45) is 0 Å². The Labute approximate surface area is 84.5 Å². The van der Waals surface area contributed by atoms with Crippen LogP contribution >= 0.6 is 7.28 Å². The van der Waals surface area contributed by atoms with Crippen molar-refractivity contribution in [3.63, 3.8) is 0 Å². The van der Waals surface area contributed by atoms with Crippen LogP contribution in [0.5, 0.6) is 0 Å². The van der Waals surface area contributed by atoms with Gasteiger partial charge in [0.25, 0.3) is 0 Å². The van der Waals surface area contributed by atoms with Crippen LogP contribution in [-0.4, -0.2) is 23.1 Å². The second-order valence-electron chi connectivity index (χ2n) is 3.60. The molecule has 0 unspecified atom stereocenters. The van der Waals surface area contributed by atoms with E-state index in [1.807, 2.05) is 19.1 Å². The second kappa shape index (κ2) is 3.59. The minimum atomic E-state index is -4.07. The van der Waals surface area contributed by atoms with Crippen molar-refractivity contribution in [3.8, 4) is 0 Å². The standard InChI is InChI=1S/C10H17O3P/c1-4-13-14(3,11,12)10-7-5-9(2)6-8-10/h5-8,11-12H,4H2,1-3H3. The average Bonchev–Trinajstić information content (AvgIpc) is 2.03. The van der Waals surface area contributed by atoms with Gasteiger partial charge in [0.15, 0.2) is 0 Å². The van der Waals surface area contributed by atoms with Crippen LogP contribution in [0.25, 0.3) is 0 Å². The Kier molecular flexibility index (Phi) is 2.98. The Morgan fingerprint density at radius 2 is 1.71 bits per heavy atom. The zero-order valence-electron chi connectivity index (χ0n) is 8.77. The molecule has 0 aliphatic carbocycles. The van der Waals surface area contributed by atoms with Crippen molar-refractivity contribution in [2.75, 3.05) is 13.3 Å². The summed E-state index contributed by atoms with van der Waals surface area (Å²) in [6.45, 7) is 5.34. The van der Waals surface area contributed by atoms with E-state index in [4.69, 9.17) is 4.52 Å². The molecule has 80 valence electrons. The first kappa shape index (κ1) is 11.6. The van der Waals surface area contributed by atoms with Crippen LogP contribution in [0.2, 0.25) is 0 Å². The van der Waals surface area contributed by atoms with E-state index in [2.05, 4.69) is 0 Å². The van der Waals surface area contributed by atoms with E-state index in [0.717, 1.165) is 5.56 Å². The summed E-state index contributed by atoms with van der Waals surface area (Å²) in [6, 6.07) is 7.07. The maximum absolute atomic E-state index is 10.0. The Morgan fingerprint density at radius 1 is 1.21 bits per heavy atom. The van der Waals surface area contributed by atoms with E-state index in [1.54, 1.807) is 19.1 Å². The number of hydrogen-bond acceptors (Lipinski definition) is 3. The molecule has 0 aromatic heterocycles. The molecule has 0 radical (unpaired) electrons. The van der Waals surface area contributed by atoms with Gasteiger partial charge in [0, 0.05) is 0 Å². The van der Waals surface area contributed by atoms with Crippen LogP contribution in [0.15, 0.2) is 24.3 Å². The van der Waals surface area contributed by atoms with Crippen molar-refractivity contribution in [1.82, 2.24) is 0 Å². The monoisotopic (exact) mass is 216 g/mol. The summed E-state index contributed by atoms with van der Waals surface area (Å²) in [7, 11) is -4.07. The van der Waals surface area contributed by atoms with Gasteiger partial charge < -0.3 is 0 Å². The Balaban J connectivity index is 3.08. The fourth-order valence-corrected chi connectivity index (χ4v) is 2.87. The molecule has 0 aliphatic rings. The average molecular weight is 216 g/mol. The molecule has 4 heteroatoms. The number of aryl methyl sites for hydroxylation is 1. The van der Waals surface area contributed by atoms with Crippen LogP contribution < -0.4 is 5.30 Å². The van der Waals surface area contributed by atoms with Gasteiger partial charge in [-0.1, -0.05) is 0 Å². The van der Waals surface area contributed by atoms with Crippen LogP contribution in [0.3, 0.4) is 0 Å². The predicted molar refractivity (Wildman–Crippen MR) is 59.7 cm³/mol. The van der Waals surface area contributed by atoms with Crippen LogP contribution in [0.1, 0.15) is 12.5 Å². The SMILES string of the molecule is CCOP(C)(O)(O)c1ccc(C)cc1. The van der Waals surface area contributed by atoms with Crippen LogP contribution in [0.4, 0.5) is 0 Å². The van der Waals surface area contributed by atoms with Gasteiger partial charge in [-0.3, -0.25) is 0 Å². The summed E-state index contributed by atoms with van der Waals surface area (Å²) >= 11 is 0. The first-order chi connectivity index (χ1) is 6.33. The quantitative estimate of drug-likeness (QED) is 0.754. The Bertz CT molecular complexity index is 310. The van der Waals surface area contributed by atoms with Crippen LogP contribution in [0, 0.1) is 6.92 Å². The van der Waals surface area contributed by atoms with Crippen molar-refractivity contribution >= 4 is 12.6 Å². The normalized spacial score (nSPS) is 14.8. The maximum atomic E-state index is 10.0. The topological polar surface area (TPSA) is 49.7 Å². The predicted octanol–water partition coefficient (Wildman–Crippen LogP) is 1.57. The zero-order chi connectivity index (χ0) is 10.8. The van der Waals surface area contributed by atoms with Gasteiger partial charge in [-0.2, -0.15) is 0 Å². The number of rotatable bonds is 3. The van der Waals surface area contributed by atoms with Crippen molar-refractivity contribution in [2.45, 2.75) is 13.8 Å². The molecule has 0 saturated heterocycles. The molecule has 0 aliphatic heterocycles. The van der Waals surface area contributed by atoms with E-state index in [9.17, 15) is 9.79 Å². The van der Waals surface area contributed by atoms with Gasteiger partial charge in [0.1, 0.15) is 0 Å². The Morgan fingerprint density at radius 3 is 2.14 bits per heavy atom. The molecule has 2 N–H and O–H groups in total. The first-order valence-electron chi connectivity index (χ1n) is 4.57. The summed E-state index contributed by atoms with van der Waals surface area (Å²) in [5, 5.41) is 0.462. The van der Waals surface area contributed by atoms with Crippen molar-refractivity contribution < 1.29 is 14.3 Å². The molecule has 0 bridgehead atoms. The third kappa shape index (κ3) is 2.52. The molecule has 0 spiro atoms. The third-order valence-corrected chi connectivity index (χ3v) is 4.43. The third-order valence-electron chi connectivity index (χ3n) is 2.07. The fraction of sp³-hybridized carbons (Fsp3) is 0.400. The second-order valence-corrected chi connectivity index (χ2v) is 7.08. The van der Waals surface area contributed by atoms with E-state index >= 15 is 0 Å². The molecule has 1 rings (SSSR count). The van der Waals surface area contributed by atoms with Gasteiger partial charge in [0.2, 0.25) is 0 Å². The summed E-state index contributed by atoms with van der Waals surface area (Å²) in [5.41, 5.74) is 1.08. The Hall–Kier alpha value is -0.470. The van der Waals surface area contributed by atoms with Gasteiger partial charge >= 0.3 is 83.8 Å². The van der Waals surface area contributed by atoms with Crippen molar-refractivity contribution in [3.05, 3.63) is 29.8 Å². The van der Waals surface area contributed by atoms with Crippen LogP contribution in [-0.2, 0) is 4.52 Å². The molecule has 0 fully saturated rings. The molecule has 0 atom stereocenters. The molecule has 0 heterocycles. The number of benzene rings is 1. The molecule has 3 nitrogen and oxygen atoms in total. The summed E-state index contributed by atoms with van der Waals surface area (Å²) in [4.78, 5) is 20.0. The molecule has 1 aromatic carbocycles. The first-order valence-corrected chi connectivity index (χ1v) is 7.08. The van der Waals surface area contributed by atoms with E-state index < -0.39 is 7.28 Å². The zero-order valence-corrected chi connectivity index (χ0v) is 9.66. The fourth-order valence-electron chi connectivity index (χ4n) is 1.27. The van der Waals surface area contributed by atoms with Gasteiger partial charge in [-0.25, -0.2) is 0 Å². The molecule has 0 saturated carbocycles. The van der Waals surface area contributed by atoms with Gasteiger partial charge in [-0.15, -0.1) is 0 Å². The van der Waals surface area contributed by atoms with E-state index in [1.165, 1.54) is 6.66 Å². The van der Waals surface area contributed by atoms with Gasteiger partial charge in [0.05, 0.1) is 0 Å². The van der Waals surface area contributed by atoms with Crippen molar-refractivity contribution in [1.29, 1.82) is 0 Å². The molecular weight excluding hydrogens is 199 g/mol. The summed E-state index contributed by atoms with van der Waals surface area (Å²) < 4.78 is 5.08. The molecular formula is C10H17O3P. The minimum absolute atomic E-state index is 0.287. The molecule has 1 aromatic rings. The van der Waals surface area contributed by atoms with E-state index in [0.29, 0.717) is 5.30 Å². The van der Waals surface area contributed by atoms with Gasteiger partial charge in [-0.05, 0) is 0 Å². The summed E-state index contributed by atoms with van der Waals surface area (Å²) in [6.07, 6.45) is 0. The summed E-state index contributed by atoms with van der Waals surface area (Å²) in [5.74, 6) is 0. The molecule has 14 heavy (non-hydrogen) atoms. The van der Waals surface area contributed by atoms with E-state index in [-0.39, 0.29) is 6.61 Å².